The van der Waals surface area contributed by atoms with Crippen molar-refractivity contribution in [1.82, 2.24) is 15.3 Å². The zero-order valence-corrected chi connectivity index (χ0v) is 19.6. The number of halogens is 3. The van der Waals surface area contributed by atoms with Crippen molar-refractivity contribution in [3.05, 3.63) is 41.5 Å². The predicted octanol–water partition coefficient (Wildman–Crippen LogP) is 4.87. The van der Waals surface area contributed by atoms with Crippen LogP contribution in [0.5, 0.6) is 0 Å². The lowest BCUT2D eigenvalue weighted by Gasteiger charge is -2.24. The van der Waals surface area contributed by atoms with E-state index in [2.05, 4.69) is 25.9 Å². The van der Waals surface area contributed by atoms with Gasteiger partial charge in [0.15, 0.2) is 0 Å². The van der Waals surface area contributed by atoms with E-state index in [-0.39, 0.29) is 24.1 Å². The summed E-state index contributed by atoms with van der Waals surface area (Å²) in [7, 11) is 0. The van der Waals surface area contributed by atoms with E-state index in [0.717, 1.165) is 15.9 Å². The molecule has 0 spiro atoms. The molecule has 0 radical (unpaired) electrons. The summed E-state index contributed by atoms with van der Waals surface area (Å²) < 4.78 is 43.7. The number of carbonyl (C=O) groups excluding carboxylic acids is 1. The molecule has 182 valence electrons. The maximum atomic E-state index is 14.3. The van der Waals surface area contributed by atoms with E-state index >= 15 is 0 Å². The number of amides is 1. The standard InChI is InChI=1S/C23H26F3N5O2S/c1-22(2,33)18(24)11-28-21(32)14-10-27-20(9-16(14)31-19-4-3-7-23(19,25)26)30-13-5-6-15-17(8-13)34-12-29-15/h5-6,8-10,12,18-19,33H,3-4,7,11H2,1-2H3,(H,28,32)(H2,27,30,31)/t18-,19?/m1/s1. The first-order chi connectivity index (χ1) is 16.0. The number of alkyl halides is 3. The lowest BCUT2D eigenvalue weighted by Crippen LogP contribution is -2.42. The van der Waals surface area contributed by atoms with Crippen LogP contribution in [0.2, 0.25) is 0 Å². The smallest absolute Gasteiger partial charge is 0.267 e. The Balaban J connectivity index is 1.58. The van der Waals surface area contributed by atoms with E-state index in [1.54, 1.807) is 5.51 Å². The average molecular weight is 494 g/mol. The third-order valence-electron chi connectivity index (χ3n) is 5.80. The minimum absolute atomic E-state index is 0.00843. The molecule has 1 saturated carbocycles. The van der Waals surface area contributed by atoms with Crippen molar-refractivity contribution in [1.29, 1.82) is 0 Å². The summed E-state index contributed by atoms with van der Waals surface area (Å²) in [6, 6.07) is 5.92. The lowest BCUT2D eigenvalue weighted by atomic mass is 10.0. The van der Waals surface area contributed by atoms with Crippen LogP contribution < -0.4 is 16.0 Å². The lowest BCUT2D eigenvalue weighted by molar-refractivity contribution is -0.00208. The molecule has 11 heteroatoms. The molecule has 4 N–H and O–H groups in total. The topological polar surface area (TPSA) is 99.2 Å². The van der Waals surface area contributed by atoms with Crippen LogP contribution in [0, 0.1) is 0 Å². The molecule has 7 nitrogen and oxygen atoms in total. The van der Waals surface area contributed by atoms with Gasteiger partial charge in [0, 0.05) is 24.4 Å². The zero-order valence-electron chi connectivity index (χ0n) is 18.7. The average Bonchev–Trinajstić information content (AvgIpc) is 3.36. The summed E-state index contributed by atoms with van der Waals surface area (Å²) in [5, 5.41) is 18.1. The van der Waals surface area contributed by atoms with E-state index in [0.29, 0.717) is 12.2 Å². The van der Waals surface area contributed by atoms with Crippen LogP contribution in [0.15, 0.2) is 36.0 Å². The summed E-state index contributed by atoms with van der Waals surface area (Å²) in [4.78, 5) is 21.3. The van der Waals surface area contributed by atoms with Gasteiger partial charge in [-0.1, -0.05) is 0 Å². The van der Waals surface area contributed by atoms with Gasteiger partial charge in [0.05, 0.1) is 45.2 Å². The number of thiazole rings is 1. The van der Waals surface area contributed by atoms with E-state index < -0.39 is 36.2 Å². The highest BCUT2D eigenvalue weighted by molar-refractivity contribution is 7.16. The summed E-state index contributed by atoms with van der Waals surface area (Å²) in [5.41, 5.74) is 1.87. The summed E-state index contributed by atoms with van der Waals surface area (Å²) >= 11 is 1.48. The maximum Gasteiger partial charge on any atom is 0.267 e. The van der Waals surface area contributed by atoms with Crippen molar-refractivity contribution in [2.24, 2.45) is 0 Å². The van der Waals surface area contributed by atoms with Gasteiger partial charge in [-0.3, -0.25) is 4.79 Å². The Morgan fingerprint density at radius 2 is 2.12 bits per heavy atom. The molecule has 4 rings (SSSR count). The molecule has 2 aromatic heterocycles. The Kier molecular flexibility index (Phi) is 6.68. The molecule has 34 heavy (non-hydrogen) atoms. The number of aromatic nitrogens is 2. The van der Waals surface area contributed by atoms with Crippen molar-refractivity contribution in [3.8, 4) is 0 Å². The van der Waals surface area contributed by atoms with Gasteiger partial charge < -0.3 is 21.1 Å². The number of fused-ring (bicyclic) bond motifs is 1. The van der Waals surface area contributed by atoms with Crippen molar-refractivity contribution in [2.45, 2.75) is 56.8 Å². The Morgan fingerprint density at radius 1 is 1.32 bits per heavy atom. The number of nitrogens with one attached hydrogen (secondary N) is 3. The number of hydrogen-bond donors (Lipinski definition) is 4. The van der Waals surface area contributed by atoms with Crippen LogP contribution in [-0.4, -0.2) is 51.3 Å². The van der Waals surface area contributed by atoms with E-state index in [9.17, 15) is 23.1 Å². The van der Waals surface area contributed by atoms with Gasteiger partial charge in [0.25, 0.3) is 11.8 Å². The van der Waals surface area contributed by atoms with E-state index in [4.69, 9.17) is 0 Å². The van der Waals surface area contributed by atoms with Gasteiger partial charge in [-0.25, -0.2) is 23.1 Å². The fraction of sp³-hybridized carbons (Fsp3) is 0.435. The Morgan fingerprint density at radius 3 is 2.82 bits per heavy atom. The molecule has 0 bridgehead atoms. The van der Waals surface area contributed by atoms with Crippen LogP contribution in [0.25, 0.3) is 10.2 Å². The molecular weight excluding hydrogens is 467 g/mol. The van der Waals surface area contributed by atoms with Crippen molar-refractivity contribution in [3.63, 3.8) is 0 Å². The first kappa shape index (κ1) is 24.2. The summed E-state index contributed by atoms with van der Waals surface area (Å²) in [6.45, 7) is 2.16. The second-order valence-corrected chi connectivity index (χ2v) is 9.84. The SMILES string of the molecule is CC(C)(O)[C@H](F)CNC(=O)c1cnc(Nc2ccc3ncsc3c2)cc1NC1CCCC1(F)F. The summed E-state index contributed by atoms with van der Waals surface area (Å²) in [6.07, 6.45) is -0.0523. The first-order valence-corrected chi connectivity index (χ1v) is 11.8. The monoisotopic (exact) mass is 493 g/mol. The second-order valence-electron chi connectivity index (χ2n) is 8.96. The predicted molar refractivity (Wildman–Crippen MR) is 127 cm³/mol. The van der Waals surface area contributed by atoms with Gasteiger partial charge >= 0.3 is 0 Å². The number of hydrogen-bond acceptors (Lipinski definition) is 7. The molecular formula is C23H26F3N5O2S. The summed E-state index contributed by atoms with van der Waals surface area (Å²) in [5.74, 6) is -3.24. The number of rotatable bonds is 8. The molecule has 2 heterocycles. The largest absolute Gasteiger partial charge is 0.387 e. The third-order valence-corrected chi connectivity index (χ3v) is 6.59. The maximum absolute atomic E-state index is 14.3. The van der Waals surface area contributed by atoms with Gasteiger partial charge in [-0.05, 0) is 44.9 Å². The molecule has 0 aliphatic heterocycles. The van der Waals surface area contributed by atoms with Gasteiger partial charge in [-0.15, -0.1) is 11.3 Å². The number of anilines is 3. The number of benzene rings is 1. The molecule has 1 amide bonds. The highest BCUT2D eigenvalue weighted by Crippen LogP contribution is 2.38. The molecule has 1 aliphatic carbocycles. The van der Waals surface area contributed by atoms with Crippen LogP contribution in [0.1, 0.15) is 43.5 Å². The molecule has 3 aromatic rings. The quantitative estimate of drug-likeness (QED) is 0.357. The van der Waals surface area contributed by atoms with Gasteiger partial charge in [0.1, 0.15) is 12.0 Å². The highest BCUT2D eigenvalue weighted by Gasteiger charge is 2.44. The van der Waals surface area contributed by atoms with Crippen LogP contribution in [0.3, 0.4) is 0 Å². The molecule has 1 aromatic carbocycles. The number of carbonyl (C=O) groups is 1. The normalized spacial score (nSPS) is 18.6. The molecule has 2 atom stereocenters. The van der Waals surface area contributed by atoms with Gasteiger partial charge in [0.2, 0.25) is 0 Å². The van der Waals surface area contributed by atoms with Gasteiger partial charge in [-0.2, -0.15) is 0 Å². The van der Waals surface area contributed by atoms with E-state index in [1.165, 1.54) is 37.4 Å². The third kappa shape index (κ3) is 5.41. The Bertz CT molecular complexity index is 1180. The fourth-order valence-electron chi connectivity index (χ4n) is 3.72. The molecule has 1 unspecified atom stereocenters. The Hall–Kier alpha value is -2.92. The number of nitrogens with zero attached hydrogens (tertiary/aromatic N) is 2. The minimum atomic E-state index is -2.91. The molecule has 1 fully saturated rings. The Labute approximate surface area is 198 Å². The first-order valence-electron chi connectivity index (χ1n) is 10.9. The van der Waals surface area contributed by atoms with Crippen LogP contribution >= 0.6 is 11.3 Å². The highest BCUT2D eigenvalue weighted by atomic mass is 32.1. The fourth-order valence-corrected chi connectivity index (χ4v) is 4.44. The van der Waals surface area contributed by atoms with E-state index in [1.807, 2.05) is 18.2 Å². The molecule has 0 saturated heterocycles. The molecule has 1 aliphatic rings. The van der Waals surface area contributed by atoms with Crippen molar-refractivity contribution < 1.29 is 23.1 Å². The van der Waals surface area contributed by atoms with Crippen molar-refractivity contribution >= 4 is 44.7 Å². The number of aliphatic hydroxyl groups is 1. The number of pyridine rings is 1. The van der Waals surface area contributed by atoms with Crippen molar-refractivity contribution in [2.75, 3.05) is 17.2 Å². The second kappa shape index (κ2) is 9.38. The minimum Gasteiger partial charge on any atom is -0.387 e. The van der Waals surface area contributed by atoms with Crippen LogP contribution in [-0.2, 0) is 0 Å². The zero-order chi connectivity index (χ0) is 24.5. The van der Waals surface area contributed by atoms with Crippen LogP contribution in [0.4, 0.5) is 30.4 Å².